The second-order valence-electron chi connectivity index (χ2n) is 5.15. The molecule has 1 aromatic carbocycles. The maximum Gasteiger partial charge on any atom is 0.231 e. The lowest BCUT2D eigenvalue weighted by Crippen LogP contribution is -2.08. The van der Waals surface area contributed by atoms with Gasteiger partial charge in [0.05, 0.1) is 12.5 Å². The Morgan fingerprint density at radius 3 is 2.95 bits per heavy atom. The van der Waals surface area contributed by atoms with Gasteiger partial charge in [0.2, 0.25) is 5.89 Å². The summed E-state index contributed by atoms with van der Waals surface area (Å²) in [6.45, 7) is 4.58. The summed E-state index contributed by atoms with van der Waals surface area (Å²) in [5.74, 6) is 2.72. The molecule has 106 valence electrons. The van der Waals surface area contributed by atoms with E-state index in [2.05, 4.69) is 22.4 Å². The lowest BCUT2D eigenvalue weighted by atomic mass is 10.1. The minimum Gasteiger partial charge on any atom is -0.493 e. The van der Waals surface area contributed by atoms with Crippen LogP contribution < -0.4 is 10.1 Å². The first-order valence-corrected chi connectivity index (χ1v) is 7.04. The molecule has 3 rings (SSSR count). The number of benzene rings is 1. The molecule has 1 N–H and O–H groups in total. The monoisotopic (exact) mass is 273 g/mol. The SMILES string of the molecule is Cc1ccc(OCCc2noc(C3CCNC3)n2)cc1. The van der Waals surface area contributed by atoms with Gasteiger partial charge in [-0.1, -0.05) is 22.9 Å². The molecule has 1 fully saturated rings. The van der Waals surface area contributed by atoms with Crippen molar-refractivity contribution in [3.8, 4) is 5.75 Å². The van der Waals surface area contributed by atoms with Gasteiger partial charge in [0.1, 0.15) is 5.75 Å². The van der Waals surface area contributed by atoms with E-state index in [1.165, 1.54) is 5.56 Å². The number of ether oxygens (including phenoxy) is 1. The van der Waals surface area contributed by atoms with Crippen LogP contribution in [0.5, 0.6) is 5.75 Å². The first-order valence-electron chi connectivity index (χ1n) is 7.04. The molecule has 2 aromatic rings. The highest BCUT2D eigenvalue weighted by Gasteiger charge is 2.22. The van der Waals surface area contributed by atoms with Crippen molar-refractivity contribution in [1.29, 1.82) is 0 Å². The molecule has 0 aliphatic carbocycles. The molecule has 1 aliphatic rings. The fourth-order valence-electron chi connectivity index (χ4n) is 2.29. The molecule has 1 atom stereocenters. The van der Waals surface area contributed by atoms with Crippen molar-refractivity contribution in [1.82, 2.24) is 15.5 Å². The minimum absolute atomic E-state index is 0.370. The van der Waals surface area contributed by atoms with E-state index < -0.39 is 0 Å². The van der Waals surface area contributed by atoms with Gasteiger partial charge in [0.25, 0.3) is 0 Å². The average Bonchev–Trinajstić information content (AvgIpc) is 3.11. The molecule has 0 saturated carbocycles. The molecule has 1 saturated heterocycles. The zero-order valence-electron chi connectivity index (χ0n) is 11.6. The summed E-state index contributed by atoms with van der Waals surface area (Å²) in [6.07, 6.45) is 1.74. The topological polar surface area (TPSA) is 60.2 Å². The molecule has 20 heavy (non-hydrogen) atoms. The molecule has 0 amide bonds. The van der Waals surface area contributed by atoms with Gasteiger partial charge >= 0.3 is 0 Å². The second kappa shape index (κ2) is 6.05. The highest BCUT2D eigenvalue weighted by molar-refractivity contribution is 5.26. The summed E-state index contributed by atoms with van der Waals surface area (Å²) in [6, 6.07) is 8.02. The van der Waals surface area contributed by atoms with Crippen LogP contribution in [0.1, 0.15) is 29.6 Å². The van der Waals surface area contributed by atoms with Crippen molar-refractivity contribution >= 4 is 0 Å². The van der Waals surface area contributed by atoms with Gasteiger partial charge in [-0.15, -0.1) is 0 Å². The van der Waals surface area contributed by atoms with E-state index in [1.54, 1.807) is 0 Å². The zero-order valence-corrected chi connectivity index (χ0v) is 11.6. The van der Waals surface area contributed by atoms with Crippen molar-refractivity contribution in [2.24, 2.45) is 0 Å². The molecule has 0 bridgehead atoms. The van der Waals surface area contributed by atoms with E-state index in [-0.39, 0.29) is 0 Å². The van der Waals surface area contributed by atoms with Crippen LogP contribution in [0.2, 0.25) is 0 Å². The summed E-state index contributed by atoms with van der Waals surface area (Å²) in [5, 5.41) is 7.31. The molecule has 0 radical (unpaired) electrons. The largest absolute Gasteiger partial charge is 0.493 e. The highest BCUT2D eigenvalue weighted by atomic mass is 16.5. The normalized spacial score (nSPS) is 18.4. The van der Waals surface area contributed by atoms with Crippen LogP contribution in [-0.2, 0) is 6.42 Å². The molecule has 2 heterocycles. The third-order valence-corrected chi connectivity index (χ3v) is 3.51. The van der Waals surface area contributed by atoms with Crippen LogP contribution in [0.15, 0.2) is 28.8 Å². The van der Waals surface area contributed by atoms with Gasteiger partial charge in [-0.25, -0.2) is 0 Å². The summed E-state index contributed by atoms with van der Waals surface area (Å²) < 4.78 is 11.0. The smallest absolute Gasteiger partial charge is 0.231 e. The highest BCUT2D eigenvalue weighted by Crippen LogP contribution is 2.20. The standard InChI is InChI=1S/C15H19N3O2/c1-11-2-4-13(5-3-11)19-9-7-14-17-15(20-18-14)12-6-8-16-10-12/h2-5,12,16H,6-10H2,1H3. The first-order chi connectivity index (χ1) is 9.81. The van der Waals surface area contributed by atoms with E-state index in [9.17, 15) is 0 Å². The van der Waals surface area contributed by atoms with Crippen LogP contribution in [-0.4, -0.2) is 29.8 Å². The van der Waals surface area contributed by atoms with Crippen LogP contribution in [0.4, 0.5) is 0 Å². The van der Waals surface area contributed by atoms with Crippen LogP contribution in [0.3, 0.4) is 0 Å². The van der Waals surface area contributed by atoms with Crippen molar-refractivity contribution in [2.45, 2.75) is 25.7 Å². The number of hydrogen-bond donors (Lipinski definition) is 1. The summed E-state index contributed by atoms with van der Waals surface area (Å²) in [4.78, 5) is 4.44. The van der Waals surface area contributed by atoms with Crippen molar-refractivity contribution in [2.75, 3.05) is 19.7 Å². The molecule has 5 nitrogen and oxygen atoms in total. The number of hydrogen-bond acceptors (Lipinski definition) is 5. The predicted molar refractivity (Wildman–Crippen MR) is 74.9 cm³/mol. The van der Waals surface area contributed by atoms with Crippen LogP contribution >= 0.6 is 0 Å². The maximum atomic E-state index is 5.67. The quantitative estimate of drug-likeness (QED) is 0.903. The number of aromatic nitrogens is 2. The van der Waals surface area contributed by atoms with Crippen molar-refractivity contribution in [3.05, 3.63) is 41.5 Å². The molecule has 0 spiro atoms. The number of nitrogens with zero attached hydrogens (tertiary/aromatic N) is 2. The summed E-state index contributed by atoms with van der Waals surface area (Å²) in [7, 11) is 0. The van der Waals surface area contributed by atoms with E-state index in [0.717, 1.165) is 37.0 Å². The molecular weight excluding hydrogens is 254 g/mol. The number of aryl methyl sites for hydroxylation is 1. The lowest BCUT2D eigenvalue weighted by Gasteiger charge is -2.04. The van der Waals surface area contributed by atoms with Gasteiger partial charge < -0.3 is 14.6 Å². The fourth-order valence-corrected chi connectivity index (χ4v) is 2.29. The van der Waals surface area contributed by atoms with Gasteiger partial charge in [-0.3, -0.25) is 0 Å². The Hall–Kier alpha value is -1.88. The molecule has 5 heteroatoms. The Kier molecular flexibility index (Phi) is 3.97. The zero-order chi connectivity index (χ0) is 13.8. The first kappa shape index (κ1) is 13.1. The minimum atomic E-state index is 0.370. The summed E-state index contributed by atoms with van der Waals surface area (Å²) >= 11 is 0. The average molecular weight is 273 g/mol. The van der Waals surface area contributed by atoms with Gasteiger partial charge in [-0.05, 0) is 32.0 Å². The molecule has 1 aliphatic heterocycles. The van der Waals surface area contributed by atoms with Crippen molar-refractivity contribution in [3.63, 3.8) is 0 Å². The Balaban J connectivity index is 1.49. The Morgan fingerprint density at radius 1 is 1.35 bits per heavy atom. The third kappa shape index (κ3) is 3.17. The van der Waals surface area contributed by atoms with E-state index >= 15 is 0 Å². The predicted octanol–water partition coefficient (Wildman–Crippen LogP) is 2.08. The molecular formula is C15H19N3O2. The lowest BCUT2D eigenvalue weighted by molar-refractivity contribution is 0.312. The Morgan fingerprint density at radius 2 is 2.20 bits per heavy atom. The summed E-state index contributed by atoms with van der Waals surface area (Å²) in [5.41, 5.74) is 1.23. The van der Waals surface area contributed by atoms with E-state index in [4.69, 9.17) is 9.26 Å². The third-order valence-electron chi connectivity index (χ3n) is 3.51. The number of rotatable bonds is 5. The van der Waals surface area contributed by atoms with Crippen LogP contribution in [0, 0.1) is 6.92 Å². The fraction of sp³-hybridized carbons (Fsp3) is 0.467. The molecule has 1 aromatic heterocycles. The second-order valence-corrected chi connectivity index (χ2v) is 5.15. The molecule has 1 unspecified atom stereocenters. The Labute approximate surface area is 118 Å². The van der Waals surface area contributed by atoms with Gasteiger partial charge in [0, 0.05) is 13.0 Å². The van der Waals surface area contributed by atoms with Gasteiger partial charge in [0.15, 0.2) is 5.82 Å². The van der Waals surface area contributed by atoms with Gasteiger partial charge in [-0.2, -0.15) is 4.98 Å². The number of nitrogens with one attached hydrogen (secondary N) is 1. The van der Waals surface area contributed by atoms with Crippen molar-refractivity contribution < 1.29 is 9.26 Å². The van der Waals surface area contributed by atoms with E-state index in [0.29, 0.717) is 18.9 Å². The Bertz CT molecular complexity index is 545. The maximum absolute atomic E-state index is 5.67. The van der Waals surface area contributed by atoms with Crippen LogP contribution in [0.25, 0.3) is 0 Å². The van der Waals surface area contributed by atoms with E-state index in [1.807, 2.05) is 24.3 Å².